The first-order valence-electron chi connectivity index (χ1n) is 9.73. The number of anilines is 1. The lowest BCUT2D eigenvalue weighted by Crippen LogP contribution is -2.45. The van der Waals surface area contributed by atoms with Crippen LogP contribution in [0.3, 0.4) is 0 Å². The number of nitrogens with zero attached hydrogens (tertiary/aromatic N) is 3. The van der Waals surface area contributed by atoms with Gasteiger partial charge in [0.25, 0.3) is 5.69 Å². The summed E-state index contributed by atoms with van der Waals surface area (Å²) in [6, 6.07) is 12.6. The quantitative estimate of drug-likeness (QED) is 0.413. The third-order valence-corrected chi connectivity index (χ3v) is 6.73. The highest BCUT2D eigenvalue weighted by molar-refractivity contribution is 6.31. The standard InChI is InChI=1S/C21H14ClN3O6/c22-10-4-6-11(7-5-10)24-20(26)13-14(21(24)27)18-19-15(17(13)30-18)16(23-31-19)9-2-1-3-12(8-9)25(28)29/h1-8,13-15,17-19H/t13-,14-,15-,17+,18+,19+/m0/s1. The highest BCUT2D eigenvalue weighted by atomic mass is 35.5. The summed E-state index contributed by atoms with van der Waals surface area (Å²) < 4.78 is 6.05. The zero-order chi connectivity index (χ0) is 21.4. The molecule has 31 heavy (non-hydrogen) atoms. The Kier molecular flexibility index (Phi) is 3.78. The second kappa shape index (κ2) is 6.35. The molecule has 3 saturated heterocycles. The summed E-state index contributed by atoms with van der Waals surface area (Å²) >= 11 is 5.93. The summed E-state index contributed by atoms with van der Waals surface area (Å²) in [4.78, 5) is 43.9. The van der Waals surface area contributed by atoms with Crippen molar-refractivity contribution in [2.24, 2.45) is 22.9 Å². The van der Waals surface area contributed by atoms with E-state index in [2.05, 4.69) is 5.16 Å². The molecule has 6 atom stereocenters. The van der Waals surface area contributed by atoms with Gasteiger partial charge in [-0.1, -0.05) is 28.9 Å². The molecule has 156 valence electrons. The first-order chi connectivity index (χ1) is 15.0. The maximum Gasteiger partial charge on any atom is 0.270 e. The Balaban J connectivity index is 1.34. The first-order valence-corrected chi connectivity index (χ1v) is 10.1. The van der Waals surface area contributed by atoms with E-state index in [-0.39, 0.29) is 23.4 Å². The largest absolute Gasteiger partial charge is 0.389 e. The fraction of sp³-hybridized carbons (Fsp3) is 0.286. The molecule has 4 heterocycles. The molecular weight excluding hydrogens is 426 g/mol. The average molecular weight is 440 g/mol. The van der Waals surface area contributed by atoms with E-state index in [9.17, 15) is 19.7 Å². The van der Waals surface area contributed by atoms with Crippen molar-refractivity contribution in [2.75, 3.05) is 4.90 Å². The van der Waals surface area contributed by atoms with Crippen LogP contribution in [-0.4, -0.2) is 40.8 Å². The molecule has 0 saturated carbocycles. The predicted molar refractivity (Wildman–Crippen MR) is 108 cm³/mol. The Morgan fingerprint density at radius 3 is 2.39 bits per heavy atom. The number of ether oxygens (including phenoxy) is 1. The number of hydrogen-bond acceptors (Lipinski definition) is 7. The molecule has 3 fully saturated rings. The van der Waals surface area contributed by atoms with E-state index in [0.29, 0.717) is 22.0 Å². The Labute approximate surface area is 180 Å². The van der Waals surface area contributed by atoms with E-state index in [0.717, 1.165) is 0 Å². The molecule has 0 N–H and O–H groups in total. The fourth-order valence-corrected chi connectivity index (χ4v) is 5.35. The number of nitro benzene ring substituents is 1. The van der Waals surface area contributed by atoms with Gasteiger partial charge < -0.3 is 9.57 Å². The normalized spacial score (nSPS) is 32.7. The minimum atomic E-state index is -0.653. The summed E-state index contributed by atoms with van der Waals surface area (Å²) in [5.41, 5.74) is 1.45. The second-order valence-corrected chi connectivity index (χ2v) is 8.42. The molecule has 0 aliphatic carbocycles. The lowest BCUT2D eigenvalue weighted by molar-refractivity contribution is -0.384. The van der Waals surface area contributed by atoms with Crippen molar-refractivity contribution in [3.63, 3.8) is 0 Å². The molecule has 4 aliphatic rings. The maximum atomic E-state index is 13.3. The van der Waals surface area contributed by atoms with Gasteiger partial charge in [0.2, 0.25) is 11.8 Å². The van der Waals surface area contributed by atoms with E-state index in [4.69, 9.17) is 21.2 Å². The van der Waals surface area contributed by atoms with Crippen LogP contribution in [0.2, 0.25) is 5.02 Å². The lowest BCUT2D eigenvalue weighted by Gasteiger charge is -2.26. The second-order valence-electron chi connectivity index (χ2n) is 7.98. The Morgan fingerprint density at radius 2 is 1.68 bits per heavy atom. The summed E-state index contributed by atoms with van der Waals surface area (Å²) in [5, 5.41) is 15.8. The van der Waals surface area contributed by atoms with Gasteiger partial charge in [0, 0.05) is 22.7 Å². The number of oxime groups is 1. The van der Waals surface area contributed by atoms with E-state index in [1.165, 1.54) is 17.0 Å². The van der Waals surface area contributed by atoms with Gasteiger partial charge >= 0.3 is 0 Å². The topological polar surface area (TPSA) is 111 Å². The Bertz CT molecular complexity index is 1180. The SMILES string of the molecule is O=C1[C@@H]2[C@H]3O[C@@H]([C@@H]4C(c5cccc([N+](=O)[O-])c5)=NO[C@@H]34)[C@H]2C(=O)N1c1ccc(Cl)cc1. The van der Waals surface area contributed by atoms with Gasteiger partial charge in [-0.05, 0) is 24.3 Å². The maximum absolute atomic E-state index is 13.3. The molecule has 2 bridgehead atoms. The zero-order valence-corrected chi connectivity index (χ0v) is 16.5. The molecule has 6 rings (SSSR count). The Morgan fingerprint density at radius 1 is 0.968 bits per heavy atom. The molecular formula is C21H14ClN3O6. The molecule has 0 aromatic heterocycles. The molecule has 10 heteroatoms. The highest BCUT2D eigenvalue weighted by Crippen LogP contribution is 2.55. The third-order valence-electron chi connectivity index (χ3n) is 6.48. The summed E-state index contributed by atoms with van der Waals surface area (Å²) in [5.74, 6) is -2.33. The molecule has 2 aromatic carbocycles. The van der Waals surface area contributed by atoms with Crippen LogP contribution in [0.1, 0.15) is 5.56 Å². The van der Waals surface area contributed by atoms with Crippen LogP contribution < -0.4 is 4.90 Å². The number of nitro groups is 1. The van der Waals surface area contributed by atoms with Crippen LogP contribution in [0.15, 0.2) is 53.7 Å². The lowest BCUT2D eigenvalue weighted by atomic mass is 9.71. The summed E-state index contributed by atoms with van der Waals surface area (Å²) in [6.45, 7) is 0. The molecule has 2 aromatic rings. The molecule has 0 spiro atoms. The number of amides is 2. The number of hydrogen-bond donors (Lipinski definition) is 0. The number of rotatable bonds is 3. The monoisotopic (exact) mass is 439 g/mol. The fourth-order valence-electron chi connectivity index (χ4n) is 5.22. The van der Waals surface area contributed by atoms with Crippen LogP contribution in [0.25, 0.3) is 0 Å². The minimum absolute atomic E-state index is 0.0633. The number of halogens is 1. The van der Waals surface area contributed by atoms with E-state index < -0.39 is 35.1 Å². The van der Waals surface area contributed by atoms with Crippen molar-refractivity contribution in [1.29, 1.82) is 0 Å². The van der Waals surface area contributed by atoms with Crippen molar-refractivity contribution < 1.29 is 24.1 Å². The van der Waals surface area contributed by atoms with Crippen LogP contribution in [0.5, 0.6) is 0 Å². The van der Waals surface area contributed by atoms with Crippen LogP contribution in [-0.2, 0) is 19.2 Å². The average Bonchev–Trinajstić information content (AvgIpc) is 3.49. The number of carbonyl (C=O) groups is 2. The number of imide groups is 1. The van der Waals surface area contributed by atoms with Crippen molar-refractivity contribution in [2.45, 2.75) is 18.3 Å². The van der Waals surface area contributed by atoms with E-state index in [1.54, 1.807) is 36.4 Å². The molecule has 2 amide bonds. The highest BCUT2D eigenvalue weighted by Gasteiger charge is 2.72. The number of carbonyl (C=O) groups excluding carboxylic acids is 2. The van der Waals surface area contributed by atoms with Gasteiger partial charge in [-0.15, -0.1) is 0 Å². The van der Waals surface area contributed by atoms with Gasteiger partial charge in [0.05, 0.1) is 40.2 Å². The van der Waals surface area contributed by atoms with Gasteiger partial charge in [-0.3, -0.25) is 19.7 Å². The van der Waals surface area contributed by atoms with E-state index >= 15 is 0 Å². The number of non-ortho nitro benzene ring substituents is 1. The van der Waals surface area contributed by atoms with Crippen molar-refractivity contribution >= 4 is 40.5 Å². The molecule has 0 unspecified atom stereocenters. The van der Waals surface area contributed by atoms with Crippen LogP contribution in [0.4, 0.5) is 11.4 Å². The first kappa shape index (κ1) is 18.5. The van der Waals surface area contributed by atoms with Gasteiger partial charge in [-0.25, -0.2) is 4.90 Å². The van der Waals surface area contributed by atoms with Crippen molar-refractivity contribution in [1.82, 2.24) is 0 Å². The van der Waals surface area contributed by atoms with Gasteiger partial charge in [-0.2, -0.15) is 0 Å². The van der Waals surface area contributed by atoms with Crippen molar-refractivity contribution in [3.8, 4) is 0 Å². The molecule has 9 nitrogen and oxygen atoms in total. The van der Waals surface area contributed by atoms with Gasteiger partial charge in [0.1, 0.15) is 6.10 Å². The smallest absolute Gasteiger partial charge is 0.270 e. The van der Waals surface area contributed by atoms with E-state index in [1.807, 2.05) is 0 Å². The Hall–Kier alpha value is -3.30. The predicted octanol–water partition coefficient (Wildman–Crippen LogP) is 2.55. The summed E-state index contributed by atoms with van der Waals surface area (Å²) in [6.07, 6.45) is -1.70. The number of benzene rings is 2. The van der Waals surface area contributed by atoms with Gasteiger partial charge in [0.15, 0.2) is 6.10 Å². The molecule has 0 radical (unpaired) electrons. The zero-order valence-electron chi connectivity index (χ0n) is 15.8. The number of fused-ring (bicyclic) bond motifs is 8. The third kappa shape index (κ3) is 2.44. The minimum Gasteiger partial charge on any atom is -0.389 e. The summed E-state index contributed by atoms with van der Waals surface area (Å²) in [7, 11) is 0. The van der Waals surface area contributed by atoms with Crippen LogP contribution >= 0.6 is 11.6 Å². The molecule has 4 aliphatic heterocycles. The van der Waals surface area contributed by atoms with Crippen LogP contribution in [0, 0.1) is 27.9 Å². The van der Waals surface area contributed by atoms with Crippen molar-refractivity contribution in [3.05, 3.63) is 69.2 Å².